The monoisotopic (exact) mass is 268 g/mol. The maximum absolute atomic E-state index is 5.06. The van der Waals surface area contributed by atoms with Gasteiger partial charge in [0.1, 0.15) is 0 Å². The average molecular weight is 268 g/mol. The van der Waals surface area contributed by atoms with Crippen molar-refractivity contribution in [1.82, 2.24) is 0 Å². The van der Waals surface area contributed by atoms with Gasteiger partial charge in [-0.3, -0.25) is 4.99 Å². The molecule has 0 amide bonds. The molecule has 1 aromatic carbocycles. The smallest absolute Gasteiger partial charge is 0.0583 e. The maximum Gasteiger partial charge on any atom is 0.0583 e. The lowest BCUT2D eigenvalue weighted by Gasteiger charge is -2.23. The van der Waals surface area contributed by atoms with E-state index in [2.05, 4.69) is 41.7 Å². The predicted octanol–water partition coefficient (Wildman–Crippen LogP) is 4.94. The molecule has 0 bridgehead atoms. The van der Waals surface area contributed by atoms with Crippen LogP contribution in [-0.2, 0) is 0 Å². The Kier molecular flexibility index (Phi) is 4.52. The van der Waals surface area contributed by atoms with Gasteiger partial charge >= 0.3 is 0 Å². The molecule has 0 aromatic heterocycles. The highest BCUT2D eigenvalue weighted by atomic mass is 14.9. The first-order valence-electron chi connectivity index (χ1n) is 8.01. The molecule has 0 unspecified atom stereocenters. The lowest BCUT2D eigenvalue weighted by molar-refractivity contribution is 0.442. The molecule has 106 valence electrons. The molecule has 2 heteroatoms. The van der Waals surface area contributed by atoms with Gasteiger partial charge in [0, 0.05) is 5.69 Å². The first-order valence-corrected chi connectivity index (χ1v) is 8.01. The lowest BCUT2D eigenvalue weighted by atomic mass is 9.95. The van der Waals surface area contributed by atoms with Crippen LogP contribution in [0.25, 0.3) is 0 Å². The Morgan fingerprint density at radius 1 is 0.950 bits per heavy atom. The summed E-state index contributed by atoms with van der Waals surface area (Å²) in [6, 6.07) is 11.0. The average Bonchev–Trinajstić information content (AvgIpc) is 2.51. The number of nitrogens with zero attached hydrogens (tertiary/aromatic N) is 1. The predicted molar refractivity (Wildman–Crippen MR) is 86.3 cm³/mol. The standard InChI is InChI=1S/C18H24N2/c1-3-9-15(10-4-1)19-17-13-7-8-14-18(17)20-16-11-5-2-6-12-16/h1,3-4,9-10,13,16,19H,2,5-8,11-12,14H2. The number of anilines is 1. The highest BCUT2D eigenvalue weighted by Gasteiger charge is 2.17. The van der Waals surface area contributed by atoms with Crippen molar-refractivity contribution in [3.8, 4) is 0 Å². The highest BCUT2D eigenvalue weighted by molar-refractivity contribution is 6.03. The molecule has 2 aliphatic rings. The zero-order chi connectivity index (χ0) is 13.6. The fraction of sp³-hybridized carbons (Fsp3) is 0.500. The van der Waals surface area contributed by atoms with Crippen molar-refractivity contribution < 1.29 is 0 Å². The van der Waals surface area contributed by atoms with Crippen LogP contribution in [0, 0.1) is 0 Å². The second-order valence-electron chi connectivity index (χ2n) is 5.87. The third-order valence-electron chi connectivity index (χ3n) is 4.24. The Balaban J connectivity index is 1.73. The van der Waals surface area contributed by atoms with Crippen LogP contribution < -0.4 is 5.32 Å². The van der Waals surface area contributed by atoms with Gasteiger partial charge in [0.25, 0.3) is 0 Å². The van der Waals surface area contributed by atoms with Crippen molar-refractivity contribution in [2.45, 2.75) is 57.4 Å². The molecular formula is C18H24N2. The van der Waals surface area contributed by atoms with Crippen molar-refractivity contribution in [2.75, 3.05) is 5.32 Å². The van der Waals surface area contributed by atoms with Crippen molar-refractivity contribution in [3.05, 3.63) is 42.1 Å². The molecule has 20 heavy (non-hydrogen) atoms. The van der Waals surface area contributed by atoms with Gasteiger partial charge in [-0.1, -0.05) is 43.5 Å². The van der Waals surface area contributed by atoms with Gasteiger partial charge in [0.15, 0.2) is 0 Å². The number of hydrogen-bond acceptors (Lipinski definition) is 2. The molecule has 2 aliphatic carbocycles. The molecule has 0 radical (unpaired) electrons. The summed E-state index contributed by atoms with van der Waals surface area (Å²) in [5, 5.41) is 3.55. The third-order valence-corrected chi connectivity index (χ3v) is 4.24. The van der Waals surface area contributed by atoms with Crippen LogP contribution in [0.15, 0.2) is 47.1 Å². The molecule has 1 saturated carbocycles. The minimum Gasteiger partial charge on any atom is -0.354 e. The molecule has 0 saturated heterocycles. The summed E-state index contributed by atoms with van der Waals surface area (Å²) in [5.41, 5.74) is 3.71. The summed E-state index contributed by atoms with van der Waals surface area (Å²) < 4.78 is 0. The number of para-hydroxylation sites is 1. The van der Waals surface area contributed by atoms with Crippen LogP contribution in [0.5, 0.6) is 0 Å². The topological polar surface area (TPSA) is 24.4 Å². The lowest BCUT2D eigenvalue weighted by Crippen LogP contribution is -2.19. The number of allylic oxidation sites excluding steroid dienone is 2. The van der Waals surface area contributed by atoms with Gasteiger partial charge in [0.05, 0.1) is 17.5 Å². The molecule has 0 aliphatic heterocycles. The normalized spacial score (nSPS) is 22.6. The first-order chi connectivity index (χ1) is 9.92. The van der Waals surface area contributed by atoms with E-state index >= 15 is 0 Å². The van der Waals surface area contributed by atoms with Crippen LogP contribution >= 0.6 is 0 Å². The zero-order valence-electron chi connectivity index (χ0n) is 12.1. The summed E-state index contributed by atoms with van der Waals surface area (Å²) >= 11 is 0. The highest BCUT2D eigenvalue weighted by Crippen LogP contribution is 2.24. The Morgan fingerprint density at radius 3 is 2.55 bits per heavy atom. The number of rotatable bonds is 3. The van der Waals surface area contributed by atoms with Crippen LogP contribution in [0.1, 0.15) is 51.4 Å². The zero-order valence-corrected chi connectivity index (χ0v) is 12.1. The number of hydrogen-bond donors (Lipinski definition) is 1. The fourth-order valence-electron chi connectivity index (χ4n) is 3.13. The molecule has 2 nitrogen and oxygen atoms in total. The second-order valence-corrected chi connectivity index (χ2v) is 5.87. The molecule has 1 aromatic rings. The van der Waals surface area contributed by atoms with E-state index in [1.165, 1.54) is 56.4 Å². The van der Waals surface area contributed by atoms with E-state index in [-0.39, 0.29) is 0 Å². The summed E-state index contributed by atoms with van der Waals surface area (Å²) in [6.07, 6.45) is 12.5. The van der Waals surface area contributed by atoms with Crippen molar-refractivity contribution in [1.29, 1.82) is 0 Å². The van der Waals surface area contributed by atoms with Crippen molar-refractivity contribution in [2.24, 2.45) is 4.99 Å². The fourth-order valence-corrected chi connectivity index (χ4v) is 3.13. The quantitative estimate of drug-likeness (QED) is 0.825. The van der Waals surface area contributed by atoms with Crippen molar-refractivity contribution >= 4 is 11.4 Å². The van der Waals surface area contributed by atoms with Crippen LogP contribution in [0.4, 0.5) is 5.69 Å². The van der Waals surface area contributed by atoms with E-state index in [1.54, 1.807) is 0 Å². The van der Waals surface area contributed by atoms with Gasteiger partial charge < -0.3 is 5.32 Å². The van der Waals surface area contributed by atoms with E-state index in [9.17, 15) is 0 Å². The second kappa shape index (κ2) is 6.74. The van der Waals surface area contributed by atoms with Crippen LogP contribution in [0.2, 0.25) is 0 Å². The maximum atomic E-state index is 5.06. The number of nitrogens with one attached hydrogen (secondary N) is 1. The SMILES string of the molecule is C1=C(Nc2ccccc2)C(=NC2CCCCC2)CCC1. The molecule has 3 rings (SSSR count). The largest absolute Gasteiger partial charge is 0.354 e. The summed E-state index contributed by atoms with van der Waals surface area (Å²) in [5.74, 6) is 0. The van der Waals surface area contributed by atoms with Gasteiger partial charge in [-0.15, -0.1) is 0 Å². The molecule has 0 spiro atoms. The van der Waals surface area contributed by atoms with E-state index in [0.717, 1.165) is 12.1 Å². The Hall–Kier alpha value is -1.57. The van der Waals surface area contributed by atoms with Gasteiger partial charge in [-0.05, 0) is 44.2 Å². The first kappa shape index (κ1) is 13.4. The van der Waals surface area contributed by atoms with Crippen LogP contribution in [-0.4, -0.2) is 11.8 Å². The minimum absolute atomic E-state index is 0.567. The minimum atomic E-state index is 0.567. The summed E-state index contributed by atoms with van der Waals surface area (Å²) in [7, 11) is 0. The molecule has 1 fully saturated rings. The Labute approximate surface area is 122 Å². The molecule has 0 heterocycles. The van der Waals surface area contributed by atoms with E-state index in [4.69, 9.17) is 4.99 Å². The summed E-state index contributed by atoms with van der Waals surface area (Å²) in [4.78, 5) is 5.06. The Bertz CT molecular complexity index is 481. The van der Waals surface area contributed by atoms with Gasteiger partial charge in [0.2, 0.25) is 0 Å². The van der Waals surface area contributed by atoms with E-state index < -0.39 is 0 Å². The van der Waals surface area contributed by atoms with E-state index in [0.29, 0.717) is 6.04 Å². The third kappa shape index (κ3) is 3.50. The van der Waals surface area contributed by atoms with Gasteiger partial charge in [-0.2, -0.15) is 0 Å². The number of aliphatic imine (C=N–C) groups is 1. The van der Waals surface area contributed by atoms with Gasteiger partial charge in [-0.25, -0.2) is 0 Å². The summed E-state index contributed by atoms with van der Waals surface area (Å²) in [6.45, 7) is 0. The van der Waals surface area contributed by atoms with Crippen molar-refractivity contribution in [3.63, 3.8) is 0 Å². The number of benzene rings is 1. The van der Waals surface area contributed by atoms with E-state index in [1.807, 2.05) is 0 Å². The molecule has 1 N–H and O–H groups in total. The molecule has 0 atom stereocenters. The Morgan fingerprint density at radius 2 is 1.75 bits per heavy atom. The molecular weight excluding hydrogens is 244 g/mol. The van der Waals surface area contributed by atoms with Crippen LogP contribution in [0.3, 0.4) is 0 Å².